The van der Waals surface area contributed by atoms with Gasteiger partial charge in [-0.3, -0.25) is 0 Å². The average Bonchev–Trinajstić information content (AvgIpc) is 2.43. The summed E-state index contributed by atoms with van der Waals surface area (Å²) < 4.78 is 36.1. The standard InChI is InChI=1S/C13H19NO4S/c1-5-6-9-14(2)19(15,16)11-7-8-12(17-3)13(10-11)18-4/h5-8,10H,9H2,1-4H3/b6-5+. The Morgan fingerprint density at radius 3 is 2.37 bits per heavy atom. The summed E-state index contributed by atoms with van der Waals surface area (Å²) in [7, 11) is 0.986. The summed E-state index contributed by atoms with van der Waals surface area (Å²) in [4.78, 5) is 0.178. The van der Waals surface area contributed by atoms with E-state index >= 15 is 0 Å². The minimum atomic E-state index is -3.52. The fraction of sp³-hybridized carbons (Fsp3) is 0.385. The van der Waals surface area contributed by atoms with Crippen molar-refractivity contribution in [2.45, 2.75) is 11.8 Å². The predicted molar refractivity (Wildman–Crippen MR) is 74.2 cm³/mol. The van der Waals surface area contributed by atoms with Gasteiger partial charge in [0.1, 0.15) is 0 Å². The van der Waals surface area contributed by atoms with E-state index in [1.165, 1.54) is 37.7 Å². The minimum absolute atomic E-state index is 0.178. The van der Waals surface area contributed by atoms with Crippen molar-refractivity contribution < 1.29 is 17.9 Å². The van der Waals surface area contributed by atoms with E-state index in [4.69, 9.17) is 9.47 Å². The molecule has 6 heteroatoms. The molecule has 0 aliphatic carbocycles. The van der Waals surface area contributed by atoms with Gasteiger partial charge in [0, 0.05) is 19.7 Å². The lowest BCUT2D eigenvalue weighted by atomic mass is 10.3. The highest BCUT2D eigenvalue weighted by molar-refractivity contribution is 7.89. The van der Waals surface area contributed by atoms with Crippen LogP contribution in [-0.4, -0.2) is 40.5 Å². The number of benzene rings is 1. The normalized spacial score (nSPS) is 12.1. The molecule has 5 nitrogen and oxygen atoms in total. The number of nitrogens with zero attached hydrogens (tertiary/aromatic N) is 1. The Bertz CT molecular complexity index is 552. The number of ether oxygens (including phenoxy) is 2. The summed E-state index contributed by atoms with van der Waals surface area (Å²) in [6, 6.07) is 4.54. The molecule has 0 amide bonds. The van der Waals surface area contributed by atoms with Crippen LogP contribution in [0.5, 0.6) is 11.5 Å². The van der Waals surface area contributed by atoms with E-state index in [1.807, 2.05) is 6.92 Å². The fourth-order valence-corrected chi connectivity index (χ4v) is 2.65. The fourth-order valence-electron chi connectivity index (χ4n) is 1.51. The van der Waals surface area contributed by atoms with Crippen molar-refractivity contribution in [3.8, 4) is 11.5 Å². The highest BCUT2D eigenvalue weighted by atomic mass is 32.2. The monoisotopic (exact) mass is 285 g/mol. The van der Waals surface area contributed by atoms with Crippen LogP contribution >= 0.6 is 0 Å². The van der Waals surface area contributed by atoms with Gasteiger partial charge in [-0.2, -0.15) is 4.31 Å². The third kappa shape index (κ3) is 3.48. The van der Waals surface area contributed by atoms with Gasteiger partial charge in [0.15, 0.2) is 11.5 Å². The Balaban J connectivity index is 3.14. The van der Waals surface area contributed by atoms with Crippen molar-refractivity contribution in [3.05, 3.63) is 30.4 Å². The van der Waals surface area contributed by atoms with E-state index in [2.05, 4.69) is 0 Å². The molecule has 0 aliphatic rings. The first-order valence-corrected chi connectivity index (χ1v) is 7.21. The van der Waals surface area contributed by atoms with E-state index < -0.39 is 10.0 Å². The van der Waals surface area contributed by atoms with Crippen LogP contribution in [0.4, 0.5) is 0 Å². The van der Waals surface area contributed by atoms with E-state index in [1.54, 1.807) is 18.2 Å². The summed E-state index contributed by atoms with van der Waals surface area (Å²) in [6.45, 7) is 2.17. The summed E-state index contributed by atoms with van der Waals surface area (Å²) in [5.74, 6) is 0.889. The van der Waals surface area contributed by atoms with Crippen LogP contribution in [0.25, 0.3) is 0 Å². The smallest absolute Gasteiger partial charge is 0.243 e. The summed E-state index contributed by atoms with van der Waals surface area (Å²) >= 11 is 0. The van der Waals surface area contributed by atoms with Crippen LogP contribution in [0.2, 0.25) is 0 Å². The Morgan fingerprint density at radius 1 is 1.21 bits per heavy atom. The van der Waals surface area contributed by atoms with Crippen LogP contribution in [0.3, 0.4) is 0 Å². The molecule has 19 heavy (non-hydrogen) atoms. The molecular weight excluding hydrogens is 266 g/mol. The first-order valence-electron chi connectivity index (χ1n) is 5.77. The van der Waals surface area contributed by atoms with Crippen molar-refractivity contribution >= 4 is 10.0 Å². The molecule has 0 N–H and O–H groups in total. The van der Waals surface area contributed by atoms with E-state index in [-0.39, 0.29) is 4.90 Å². The lowest BCUT2D eigenvalue weighted by Gasteiger charge is -2.16. The number of hydrogen-bond donors (Lipinski definition) is 0. The minimum Gasteiger partial charge on any atom is -0.493 e. The Hall–Kier alpha value is -1.53. The number of allylic oxidation sites excluding steroid dienone is 1. The number of likely N-dealkylation sites (N-methyl/N-ethyl adjacent to an activating group) is 1. The first kappa shape index (κ1) is 15.5. The molecule has 0 heterocycles. The molecule has 0 aromatic heterocycles. The van der Waals surface area contributed by atoms with Crippen molar-refractivity contribution in [3.63, 3.8) is 0 Å². The van der Waals surface area contributed by atoms with Gasteiger partial charge in [-0.05, 0) is 19.1 Å². The Morgan fingerprint density at radius 2 is 1.84 bits per heavy atom. The van der Waals surface area contributed by atoms with Crippen molar-refractivity contribution in [2.24, 2.45) is 0 Å². The second-order valence-corrected chi connectivity index (χ2v) is 5.92. The first-order chi connectivity index (χ1) is 8.97. The van der Waals surface area contributed by atoms with Crippen LogP contribution in [0.15, 0.2) is 35.2 Å². The molecule has 0 unspecified atom stereocenters. The molecule has 0 saturated carbocycles. The quantitative estimate of drug-likeness (QED) is 0.749. The zero-order valence-corrected chi connectivity index (χ0v) is 12.4. The zero-order valence-electron chi connectivity index (χ0n) is 11.6. The highest BCUT2D eigenvalue weighted by Crippen LogP contribution is 2.30. The second kappa shape index (κ2) is 6.58. The summed E-state index contributed by atoms with van der Waals surface area (Å²) in [5, 5.41) is 0. The number of methoxy groups -OCH3 is 2. The van der Waals surface area contributed by atoms with Crippen molar-refractivity contribution in [2.75, 3.05) is 27.8 Å². The summed E-state index contributed by atoms with van der Waals surface area (Å²) in [5.41, 5.74) is 0. The maximum Gasteiger partial charge on any atom is 0.243 e. The molecule has 0 aliphatic heterocycles. The van der Waals surface area contributed by atoms with Crippen LogP contribution in [-0.2, 0) is 10.0 Å². The Labute approximate surface area is 114 Å². The molecular formula is C13H19NO4S. The van der Waals surface area contributed by atoms with Gasteiger partial charge in [-0.15, -0.1) is 0 Å². The molecule has 1 rings (SSSR count). The van der Waals surface area contributed by atoms with Crippen molar-refractivity contribution in [1.82, 2.24) is 4.31 Å². The van der Waals surface area contributed by atoms with Gasteiger partial charge in [0.2, 0.25) is 10.0 Å². The largest absolute Gasteiger partial charge is 0.493 e. The van der Waals surface area contributed by atoms with Gasteiger partial charge in [0.05, 0.1) is 19.1 Å². The number of hydrogen-bond acceptors (Lipinski definition) is 4. The molecule has 0 fully saturated rings. The van der Waals surface area contributed by atoms with E-state index in [0.29, 0.717) is 18.0 Å². The molecule has 0 spiro atoms. The molecule has 0 radical (unpaired) electrons. The van der Waals surface area contributed by atoms with Gasteiger partial charge < -0.3 is 9.47 Å². The molecule has 0 saturated heterocycles. The van der Waals surface area contributed by atoms with Crippen LogP contribution in [0, 0.1) is 0 Å². The van der Waals surface area contributed by atoms with Crippen LogP contribution in [0.1, 0.15) is 6.92 Å². The third-order valence-corrected chi connectivity index (χ3v) is 4.48. The molecule has 1 aromatic rings. The molecule has 0 atom stereocenters. The lowest BCUT2D eigenvalue weighted by Crippen LogP contribution is -2.27. The topological polar surface area (TPSA) is 55.8 Å². The third-order valence-electron chi connectivity index (χ3n) is 2.66. The van der Waals surface area contributed by atoms with Gasteiger partial charge in [-0.1, -0.05) is 12.2 Å². The van der Waals surface area contributed by atoms with Gasteiger partial charge in [-0.25, -0.2) is 8.42 Å². The second-order valence-electron chi connectivity index (χ2n) is 3.87. The van der Waals surface area contributed by atoms with Gasteiger partial charge in [0.25, 0.3) is 0 Å². The highest BCUT2D eigenvalue weighted by Gasteiger charge is 2.21. The van der Waals surface area contributed by atoms with E-state index in [9.17, 15) is 8.42 Å². The zero-order chi connectivity index (χ0) is 14.5. The predicted octanol–water partition coefficient (Wildman–Crippen LogP) is 1.90. The van der Waals surface area contributed by atoms with Crippen LogP contribution < -0.4 is 9.47 Å². The molecule has 106 valence electrons. The number of rotatable bonds is 6. The lowest BCUT2D eigenvalue weighted by molar-refractivity contribution is 0.353. The maximum atomic E-state index is 12.3. The maximum absolute atomic E-state index is 12.3. The SMILES string of the molecule is C/C=C/CN(C)S(=O)(=O)c1ccc(OC)c(OC)c1. The molecule has 1 aromatic carbocycles. The van der Waals surface area contributed by atoms with Crippen molar-refractivity contribution in [1.29, 1.82) is 0 Å². The van der Waals surface area contributed by atoms with E-state index in [0.717, 1.165) is 0 Å². The summed E-state index contributed by atoms with van der Waals surface area (Å²) in [6.07, 6.45) is 3.58. The Kier molecular flexibility index (Phi) is 5.38. The molecule has 0 bridgehead atoms. The average molecular weight is 285 g/mol. The number of sulfonamides is 1. The van der Waals surface area contributed by atoms with Gasteiger partial charge >= 0.3 is 0 Å².